The van der Waals surface area contributed by atoms with Crippen LogP contribution in [0.2, 0.25) is 25.7 Å². The van der Waals surface area contributed by atoms with E-state index in [0.29, 0.717) is 17.5 Å². The number of halogens is 2. The van der Waals surface area contributed by atoms with Crippen LogP contribution in [0.25, 0.3) is 10.9 Å². The van der Waals surface area contributed by atoms with Crippen molar-refractivity contribution in [2.24, 2.45) is 0 Å². The minimum atomic E-state index is -1.13. The third-order valence-electron chi connectivity index (χ3n) is 2.89. The molecule has 0 aliphatic heterocycles. The predicted octanol–water partition coefficient (Wildman–Crippen LogP) is 3.63. The first-order valence-electron chi connectivity index (χ1n) is 6.25. The van der Waals surface area contributed by atoms with Crippen LogP contribution in [0.5, 0.6) is 0 Å². The van der Waals surface area contributed by atoms with E-state index in [1.165, 1.54) is 16.9 Å². The summed E-state index contributed by atoms with van der Waals surface area (Å²) in [7, 11) is -1.13. The molecule has 0 unspecified atom stereocenters. The summed E-state index contributed by atoms with van der Waals surface area (Å²) in [5.74, 6) is -1.20. The van der Waals surface area contributed by atoms with Gasteiger partial charge in [0.25, 0.3) is 0 Å². The maximum Gasteiger partial charge on any atom is 0.139 e. The Kier molecular flexibility index (Phi) is 4.01. The van der Waals surface area contributed by atoms with Crippen molar-refractivity contribution >= 4 is 19.0 Å². The van der Waals surface area contributed by atoms with Gasteiger partial charge in [-0.1, -0.05) is 19.6 Å². The monoisotopic (exact) mass is 284 g/mol. The van der Waals surface area contributed by atoms with E-state index in [0.717, 1.165) is 12.1 Å². The lowest BCUT2D eigenvalue weighted by atomic mass is 10.2. The lowest BCUT2D eigenvalue weighted by molar-refractivity contribution is 0.0816. The number of hydrogen-bond donors (Lipinski definition) is 0. The Morgan fingerprint density at radius 1 is 1.26 bits per heavy atom. The van der Waals surface area contributed by atoms with E-state index in [4.69, 9.17) is 4.74 Å². The zero-order valence-electron chi connectivity index (χ0n) is 11.4. The molecule has 0 saturated heterocycles. The number of hydrogen-bond acceptors (Lipinski definition) is 2. The van der Waals surface area contributed by atoms with E-state index < -0.39 is 19.7 Å². The normalized spacial score (nSPS) is 12.3. The Hall–Kier alpha value is -1.27. The van der Waals surface area contributed by atoms with Crippen LogP contribution in [0.4, 0.5) is 8.78 Å². The molecule has 0 saturated carbocycles. The molecule has 1 heterocycles. The molecule has 1 aromatic heterocycles. The molecule has 0 bridgehead atoms. The summed E-state index contributed by atoms with van der Waals surface area (Å²) >= 11 is 0. The third kappa shape index (κ3) is 3.60. The molecule has 0 radical (unpaired) electrons. The Morgan fingerprint density at radius 3 is 2.68 bits per heavy atom. The molecule has 0 amide bonds. The number of rotatable bonds is 5. The van der Waals surface area contributed by atoms with E-state index in [1.54, 1.807) is 0 Å². The molecule has 0 N–H and O–H groups in total. The topological polar surface area (TPSA) is 27.1 Å². The van der Waals surface area contributed by atoms with Crippen LogP contribution in [-0.2, 0) is 11.5 Å². The van der Waals surface area contributed by atoms with Gasteiger partial charge in [-0.3, -0.25) is 0 Å². The summed E-state index contributed by atoms with van der Waals surface area (Å²) in [6.45, 7) is 7.67. The van der Waals surface area contributed by atoms with Crippen LogP contribution < -0.4 is 0 Å². The second-order valence-electron chi connectivity index (χ2n) is 5.81. The molecule has 0 spiro atoms. The zero-order chi connectivity index (χ0) is 14.0. The second-order valence-corrected chi connectivity index (χ2v) is 11.4. The minimum absolute atomic E-state index is 0.219. The van der Waals surface area contributed by atoms with Crippen molar-refractivity contribution < 1.29 is 13.5 Å². The highest BCUT2D eigenvalue weighted by atomic mass is 28.3. The molecule has 2 rings (SSSR count). The summed E-state index contributed by atoms with van der Waals surface area (Å²) in [4.78, 5) is 0. The molecule has 0 aliphatic rings. The molecule has 104 valence electrons. The van der Waals surface area contributed by atoms with Crippen molar-refractivity contribution in [3.05, 3.63) is 30.0 Å². The molecule has 3 nitrogen and oxygen atoms in total. The first kappa shape index (κ1) is 14.1. The van der Waals surface area contributed by atoms with Crippen LogP contribution in [0.3, 0.4) is 0 Å². The summed E-state index contributed by atoms with van der Waals surface area (Å²) < 4.78 is 33.7. The fourth-order valence-corrected chi connectivity index (χ4v) is 2.49. The molecule has 0 atom stereocenters. The van der Waals surface area contributed by atoms with E-state index in [9.17, 15) is 8.78 Å². The van der Waals surface area contributed by atoms with Gasteiger partial charge in [0, 0.05) is 26.8 Å². The molecule has 6 heteroatoms. The fourth-order valence-electron chi connectivity index (χ4n) is 1.73. The van der Waals surface area contributed by atoms with Gasteiger partial charge in [-0.25, -0.2) is 13.5 Å². The van der Waals surface area contributed by atoms with Crippen LogP contribution >= 0.6 is 0 Å². The van der Waals surface area contributed by atoms with Crippen molar-refractivity contribution in [1.29, 1.82) is 0 Å². The van der Waals surface area contributed by atoms with Gasteiger partial charge < -0.3 is 4.74 Å². The minimum Gasteiger partial charge on any atom is -0.360 e. The SMILES string of the molecule is C[Si](C)(C)CCOCn1ncc2c(F)cc(F)cc21. The lowest BCUT2D eigenvalue weighted by Crippen LogP contribution is -2.22. The Bertz CT molecular complexity index is 578. The van der Waals surface area contributed by atoms with E-state index >= 15 is 0 Å². The van der Waals surface area contributed by atoms with Crippen LogP contribution in [0.15, 0.2) is 18.3 Å². The fraction of sp³-hybridized carbons (Fsp3) is 0.462. The van der Waals surface area contributed by atoms with Gasteiger partial charge in [0.1, 0.15) is 18.4 Å². The molecular weight excluding hydrogens is 266 g/mol. The maximum absolute atomic E-state index is 13.5. The smallest absolute Gasteiger partial charge is 0.139 e. The molecule has 2 aromatic rings. The van der Waals surface area contributed by atoms with Gasteiger partial charge in [-0.15, -0.1) is 0 Å². The average Bonchev–Trinajstić information content (AvgIpc) is 2.66. The Balaban J connectivity index is 2.05. The Morgan fingerprint density at radius 2 is 2.00 bits per heavy atom. The van der Waals surface area contributed by atoms with Crippen molar-refractivity contribution in [2.45, 2.75) is 32.4 Å². The van der Waals surface area contributed by atoms with Crippen molar-refractivity contribution in [3.63, 3.8) is 0 Å². The summed E-state index contributed by atoms with van der Waals surface area (Å²) in [6, 6.07) is 3.18. The number of nitrogens with zero attached hydrogens (tertiary/aromatic N) is 2. The number of aromatic nitrogens is 2. The second kappa shape index (κ2) is 5.38. The average molecular weight is 284 g/mol. The van der Waals surface area contributed by atoms with Gasteiger partial charge in [-0.2, -0.15) is 5.10 Å². The first-order valence-corrected chi connectivity index (χ1v) is 9.96. The van der Waals surface area contributed by atoms with Crippen molar-refractivity contribution in [2.75, 3.05) is 6.61 Å². The van der Waals surface area contributed by atoms with Crippen molar-refractivity contribution in [1.82, 2.24) is 9.78 Å². The third-order valence-corrected chi connectivity index (χ3v) is 4.59. The highest BCUT2D eigenvalue weighted by Crippen LogP contribution is 2.19. The summed E-state index contributed by atoms with van der Waals surface area (Å²) in [5.41, 5.74) is 0.422. The highest BCUT2D eigenvalue weighted by Gasteiger charge is 2.13. The zero-order valence-corrected chi connectivity index (χ0v) is 12.4. The summed E-state index contributed by atoms with van der Waals surface area (Å²) in [6.07, 6.45) is 1.39. The summed E-state index contributed by atoms with van der Waals surface area (Å²) in [5, 5.41) is 4.34. The molecule has 0 aliphatic carbocycles. The van der Waals surface area contributed by atoms with Gasteiger partial charge in [0.15, 0.2) is 0 Å². The van der Waals surface area contributed by atoms with Crippen molar-refractivity contribution in [3.8, 4) is 0 Å². The maximum atomic E-state index is 13.5. The quantitative estimate of drug-likeness (QED) is 0.619. The number of fused-ring (bicyclic) bond motifs is 1. The lowest BCUT2D eigenvalue weighted by Gasteiger charge is -2.15. The first-order chi connectivity index (χ1) is 8.87. The molecule has 19 heavy (non-hydrogen) atoms. The van der Waals surface area contributed by atoms with E-state index in [-0.39, 0.29) is 6.73 Å². The van der Waals surface area contributed by atoms with E-state index in [2.05, 4.69) is 24.7 Å². The molecule has 0 fully saturated rings. The molecular formula is C13H18F2N2OSi. The van der Waals surface area contributed by atoms with Gasteiger partial charge >= 0.3 is 0 Å². The van der Waals surface area contributed by atoms with Gasteiger partial charge in [-0.05, 0) is 6.04 Å². The van der Waals surface area contributed by atoms with Gasteiger partial charge in [0.2, 0.25) is 0 Å². The number of ether oxygens (including phenoxy) is 1. The molecule has 1 aromatic carbocycles. The van der Waals surface area contributed by atoms with Crippen LogP contribution in [0, 0.1) is 11.6 Å². The van der Waals surface area contributed by atoms with Gasteiger partial charge in [0.05, 0.1) is 17.1 Å². The standard InChI is InChI=1S/C13H18F2N2OSi/c1-19(2,3)5-4-18-9-17-13-7-10(14)6-12(15)11(13)8-16-17/h6-8H,4-5,9H2,1-3H3. The number of benzene rings is 1. The van der Waals surface area contributed by atoms with Crippen LogP contribution in [0.1, 0.15) is 0 Å². The largest absolute Gasteiger partial charge is 0.360 e. The predicted molar refractivity (Wildman–Crippen MR) is 73.8 cm³/mol. The Labute approximate surface area is 112 Å². The van der Waals surface area contributed by atoms with Crippen LogP contribution in [-0.4, -0.2) is 24.5 Å². The van der Waals surface area contributed by atoms with E-state index in [1.807, 2.05) is 0 Å². The highest BCUT2D eigenvalue weighted by molar-refractivity contribution is 6.76.